The third kappa shape index (κ3) is 3.34. The van der Waals surface area contributed by atoms with Crippen molar-refractivity contribution in [1.29, 1.82) is 0 Å². The van der Waals surface area contributed by atoms with Gasteiger partial charge in [0.15, 0.2) is 0 Å². The van der Waals surface area contributed by atoms with Gasteiger partial charge in [0.2, 0.25) is 0 Å². The zero-order valence-electron chi connectivity index (χ0n) is 8.53. The molecule has 2 nitrogen and oxygen atoms in total. The molecule has 0 saturated carbocycles. The van der Waals surface area contributed by atoms with Gasteiger partial charge in [0.25, 0.3) is 0 Å². The van der Waals surface area contributed by atoms with Gasteiger partial charge >= 0.3 is 0 Å². The average Bonchev–Trinajstić information content (AvgIpc) is 2.14. The van der Waals surface area contributed by atoms with Crippen LogP contribution in [-0.4, -0.2) is 12.6 Å². The van der Waals surface area contributed by atoms with E-state index in [9.17, 15) is 4.39 Å². The second-order valence-corrected chi connectivity index (χ2v) is 3.68. The molecule has 3 heteroatoms. The minimum absolute atomic E-state index is 0.0155. The highest BCUT2D eigenvalue weighted by Gasteiger charge is 2.08. The smallest absolute Gasteiger partial charge is 0.126 e. The predicted octanol–water partition coefficient (Wildman–Crippen LogP) is 2.19. The second-order valence-electron chi connectivity index (χ2n) is 3.68. The first-order chi connectivity index (χ1) is 6.59. The van der Waals surface area contributed by atoms with Crippen LogP contribution in [0, 0.1) is 11.7 Å². The molecule has 0 bridgehead atoms. The summed E-state index contributed by atoms with van der Waals surface area (Å²) in [6, 6.07) is 6.06. The van der Waals surface area contributed by atoms with Crippen molar-refractivity contribution >= 4 is 0 Å². The number of benzene rings is 1. The molecule has 0 radical (unpaired) electrons. The fourth-order valence-corrected chi connectivity index (χ4v) is 0.942. The molecule has 1 rings (SSSR count). The Labute approximate surface area is 83.9 Å². The molecule has 0 heterocycles. The second kappa shape index (κ2) is 4.96. The minimum Gasteiger partial charge on any atom is -0.492 e. The van der Waals surface area contributed by atoms with Crippen molar-refractivity contribution in [2.24, 2.45) is 11.7 Å². The molecule has 0 aliphatic heterocycles. The van der Waals surface area contributed by atoms with Crippen LogP contribution < -0.4 is 10.5 Å². The van der Waals surface area contributed by atoms with Gasteiger partial charge in [-0.25, -0.2) is 4.39 Å². The van der Waals surface area contributed by atoms with E-state index in [0.29, 0.717) is 18.3 Å². The lowest BCUT2D eigenvalue weighted by atomic mass is 10.1. The predicted molar refractivity (Wildman–Crippen MR) is 54.7 cm³/mol. The Morgan fingerprint density at radius 2 is 2.14 bits per heavy atom. The maximum absolute atomic E-state index is 12.7. The zero-order valence-corrected chi connectivity index (χ0v) is 8.53. The maximum atomic E-state index is 12.7. The molecule has 2 N–H and O–H groups in total. The largest absolute Gasteiger partial charge is 0.492 e. The molecule has 0 amide bonds. The van der Waals surface area contributed by atoms with Gasteiger partial charge in [-0.15, -0.1) is 0 Å². The minimum atomic E-state index is -0.291. The molecule has 0 aromatic heterocycles. The Morgan fingerprint density at radius 3 is 2.71 bits per heavy atom. The monoisotopic (exact) mass is 197 g/mol. The topological polar surface area (TPSA) is 35.2 Å². The molecule has 0 spiro atoms. The van der Waals surface area contributed by atoms with Gasteiger partial charge in [-0.1, -0.05) is 19.9 Å². The van der Waals surface area contributed by atoms with Crippen molar-refractivity contribution in [3.05, 3.63) is 30.1 Å². The van der Waals surface area contributed by atoms with Gasteiger partial charge in [0.05, 0.1) is 0 Å². The van der Waals surface area contributed by atoms with Crippen LogP contribution in [0.2, 0.25) is 0 Å². The summed E-state index contributed by atoms with van der Waals surface area (Å²) in [4.78, 5) is 0. The van der Waals surface area contributed by atoms with Crippen LogP contribution in [0.4, 0.5) is 4.39 Å². The van der Waals surface area contributed by atoms with E-state index in [1.807, 2.05) is 13.8 Å². The zero-order chi connectivity index (χ0) is 10.6. The molecular formula is C11H16FNO. The number of ether oxygens (including phenoxy) is 1. The van der Waals surface area contributed by atoms with Crippen LogP contribution in [0.5, 0.6) is 5.75 Å². The van der Waals surface area contributed by atoms with E-state index in [1.54, 1.807) is 12.1 Å². The molecular weight excluding hydrogens is 181 g/mol. The fourth-order valence-electron chi connectivity index (χ4n) is 0.942. The molecule has 1 unspecified atom stereocenters. The maximum Gasteiger partial charge on any atom is 0.126 e. The number of halogens is 1. The molecule has 0 aliphatic rings. The summed E-state index contributed by atoms with van der Waals surface area (Å²) in [5, 5.41) is 0. The van der Waals surface area contributed by atoms with Gasteiger partial charge in [0.1, 0.15) is 18.2 Å². The van der Waals surface area contributed by atoms with Gasteiger partial charge in [-0.05, 0) is 18.1 Å². The van der Waals surface area contributed by atoms with Crippen LogP contribution in [0.15, 0.2) is 24.3 Å². The Morgan fingerprint density at radius 1 is 1.43 bits per heavy atom. The van der Waals surface area contributed by atoms with Gasteiger partial charge in [-0.2, -0.15) is 0 Å². The number of hydrogen-bond donors (Lipinski definition) is 1. The molecule has 1 aromatic rings. The van der Waals surface area contributed by atoms with E-state index in [2.05, 4.69) is 0 Å². The molecule has 78 valence electrons. The van der Waals surface area contributed by atoms with E-state index in [4.69, 9.17) is 10.5 Å². The summed E-state index contributed by atoms with van der Waals surface area (Å²) >= 11 is 0. The normalized spacial score (nSPS) is 12.9. The molecule has 0 aliphatic carbocycles. The standard InChI is InChI=1S/C11H16FNO/c1-8(2)11(13)7-14-10-5-3-4-9(12)6-10/h3-6,8,11H,7,13H2,1-2H3. The quantitative estimate of drug-likeness (QED) is 0.803. The lowest BCUT2D eigenvalue weighted by Gasteiger charge is -2.16. The first-order valence-electron chi connectivity index (χ1n) is 4.73. The number of hydrogen-bond acceptors (Lipinski definition) is 2. The van der Waals surface area contributed by atoms with Crippen molar-refractivity contribution in [3.63, 3.8) is 0 Å². The van der Waals surface area contributed by atoms with E-state index < -0.39 is 0 Å². The highest BCUT2D eigenvalue weighted by Crippen LogP contribution is 2.12. The highest BCUT2D eigenvalue weighted by atomic mass is 19.1. The molecule has 0 fully saturated rings. The van der Waals surface area contributed by atoms with E-state index in [0.717, 1.165) is 0 Å². The van der Waals surface area contributed by atoms with Crippen LogP contribution >= 0.6 is 0 Å². The third-order valence-electron chi connectivity index (χ3n) is 2.09. The van der Waals surface area contributed by atoms with Gasteiger partial charge in [-0.3, -0.25) is 0 Å². The summed E-state index contributed by atoms with van der Waals surface area (Å²) in [7, 11) is 0. The van der Waals surface area contributed by atoms with E-state index in [1.165, 1.54) is 12.1 Å². The van der Waals surface area contributed by atoms with Crippen LogP contribution in [0.3, 0.4) is 0 Å². The summed E-state index contributed by atoms with van der Waals surface area (Å²) in [6.45, 7) is 4.47. The first-order valence-corrected chi connectivity index (χ1v) is 4.73. The average molecular weight is 197 g/mol. The summed E-state index contributed by atoms with van der Waals surface area (Å²) in [5.74, 6) is 0.602. The first kappa shape index (κ1) is 11.0. The van der Waals surface area contributed by atoms with E-state index in [-0.39, 0.29) is 11.9 Å². The van der Waals surface area contributed by atoms with Gasteiger partial charge in [0, 0.05) is 12.1 Å². The Balaban J connectivity index is 2.45. The summed E-state index contributed by atoms with van der Waals surface area (Å²) in [5.41, 5.74) is 5.78. The lowest BCUT2D eigenvalue weighted by Crippen LogP contribution is -2.32. The van der Waals surface area contributed by atoms with Gasteiger partial charge < -0.3 is 10.5 Å². The van der Waals surface area contributed by atoms with Crippen LogP contribution in [0.1, 0.15) is 13.8 Å². The summed E-state index contributed by atoms with van der Waals surface area (Å²) < 4.78 is 18.1. The van der Waals surface area contributed by atoms with Crippen molar-refractivity contribution in [3.8, 4) is 5.75 Å². The van der Waals surface area contributed by atoms with Crippen molar-refractivity contribution < 1.29 is 9.13 Å². The fraction of sp³-hybridized carbons (Fsp3) is 0.455. The van der Waals surface area contributed by atoms with Crippen LogP contribution in [0.25, 0.3) is 0 Å². The lowest BCUT2D eigenvalue weighted by molar-refractivity contribution is 0.258. The Kier molecular flexibility index (Phi) is 3.89. The third-order valence-corrected chi connectivity index (χ3v) is 2.09. The molecule has 1 aromatic carbocycles. The Hall–Kier alpha value is -1.09. The van der Waals surface area contributed by atoms with Crippen molar-refractivity contribution in [2.75, 3.05) is 6.61 Å². The number of rotatable bonds is 4. The Bertz CT molecular complexity index is 288. The van der Waals surface area contributed by atoms with Crippen molar-refractivity contribution in [2.45, 2.75) is 19.9 Å². The van der Waals surface area contributed by atoms with E-state index >= 15 is 0 Å². The SMILES string of the molecule is CC(C)C(N)COc1cccc(F)c1. The number of nitrogens with two attached hydrogens (primary N) is 1. The van der Waals surface area contributed by atoms with Crippen molar-refractivity contribution in [1.82, 2.24) is 0 Å². The molecule has 14 heavy (non-hydrogen) atoms. The molecule has 0 saturated heterocycles. The summed E-state index contributed by atoms with van der Waals surface area (Å²) in [6.07, 6.45) is 0. The highest BCUT2D eigenvalue weighted by molar-refractivity contribution is 5.22. The van der Waals surface area contributed by atoms with Crippen LogP contribution in [-0.2, 0) is 0 Å². The molecule has 1 atom stereocenters.